The molecule has 0 N–H and O–H groups in total. The second-order valence-electron chi connectivity index (χ2n) is 10.9. The Morgan fingerprint density at radius 1 is 0.875 bits per heavy atom. The molecule has 4 aromatic carbocycles. The first-order valence-corrected chi connectivity index (χ1v) is 13.7. The van der Waals surface area contributed by atoms with Crippen molar-refractivity contribution < 1.29 is 19.0 Å². The van der Waals surface area contributed by atoms with Crippen LogP contribution in [0.1, 0.15) is 48.7 Å². The number of fused-ring (bicyclic) bond motifs is 2. The Hall–Kier alpha value is -4.51. The Morgan fingerprint density at radius 2 is 1.57 bits per heavy atom. The molecule has 2 aliphatic heterocycles. The van der Waals surface area contributed by atoms with Crippen LogP contribution >= 0.6 is 0 Å². The van der Waals surface area contributed by atoms with Crippen LogP contribution in [0.4, 0.5) is 5.69 Å². The number of para-hydroxylation sites is 1. The summed E-state index contributed by atoms with van der Waals surface area (Å²) < 4.78 is 18.0. The van der Waals surface area contributed by atoms with Crippen LogP contribution in [-0.2, 0) is 5.41 Å². The molecule has 0 amide bonds. The number of rotatable bonds is 6. The normalized spacial score (nSPS) is 18.1. The second-order valence-corrected chi connectivity index (χ2v) is 10.9. The van der Waals surface area contributed by atoms with Crippen molar-refractivity contribution in [3.63, 3.8) is 0 Å². The third kappa shape index (κ3) is 4.22. The number of nitrogens with zero attached hydrogens (tertiary/aromatic N) is 1. The first kappa shape index (κ1) is 25.8. The summed E-state index contributed by atoms with van der Waals surface area (Å²) in [6.07, 6.45) is 5.28. The zero-order chi connectivity index (χ0) is 27.9. The van der Waals surface area contributed by atoms with Crippen molar-refractivity contribution in [3.8, 4) is 28.4 Å². The number of ether oxygens (including phenoxy) is 3. The molecule has 0 aliphatic carbocycles. The molecule has 2 heterocycles. The SMILES string of the molecule is CCCOc1ccc(C(=O)Oc2ccc(-c3ccc4c(c3)C=CC3(O4)N(C)c4ccccc4C3(C)C)cc2)cc1. The maximum Gasteiger partial charge on any atom is 0.343 e. The van der Waals surface area contributed by atoms with Crippen LogP contribution in [0.3, 0.4) is 0 Å². The zero-order valence-electron chi connectivity index (χ0n) is 23.3. The summed E-state index contributed by atoms with van der Waals surface area (Å²) in [5.74, 6) is 1.69. The molecule has 0 bridgehead atoms. The van der Waals surface area contributed by atoms with E-state index >= 15 is 0 Å². The quantitative estimate of drug-likeness (QED) is 0.187. The number of esters is 1. The number of likely N-dealkylation sites (N-methyl/N-ethyl adjacent to an activating group) is 1. The van der Waals surface area contributed by atoms with Gasteiger partial charge in [-0.05, 0) is 104 Å². The fraction of sp³-hybridized carbons (Fsp3) is 0.229. The third-order valence-electron chi connectivity index (χ3n) is 8.06. The Morgan fingerprint density at radius 3 is 2.30 bits per heavy atom. The van der Waals surface area contributed by atoms with Crippen molar-refractivity contribution in [2.45, 2.75) is 38.3 Å². The van der Waals surface area contributed by atoms with E-state index in [2.05, 4.69) is 81.3 Å². The molecule has 1 atom stereocenters. The molecular formula is C35H33NO4. The van der Waals surface area contributed by atoms with Crippen molar-refractivity contribution in [2.24, 2.45) is 0 Å². The third-order valence-corrected chi connectivity index (χ3v) is 8.06. The minimum absolute atomic E-state index is 0.233. The van der Waals surface area contributed by atoms with Gasteiger partial charge in [-0.2, -0.15) is 0 Å². The number of benzene rings is 4. The number of carbonyl (C=O) groups is 1. The van der Waals surface area contributed by atoms with E-state index in [0.717, 1.165) is 34.6 Å². The molecule has 6 rings (SSSR count). The number of anilines is 1. The fourth-order valence-electron chi connectivity index (χ4n) is 5.75. The standard InChI is InChI=1S/C35H33NO4/c1-5-22-38-28-15-12-25(13-16-28)33(37)39-29-17-10-24(11-18-29)26-14-19-32-27(23-26)20-21-35(40-32)34(2,3)30-8-6-7-9-31(30)36(35)4/h6-21,23H,5,22H2,1-4H3. The first-order chi connectivity index (χ1) is 19.3. The van der Waals surface area contributed by atoms with Gasteiger partial charge in [0, 0.05) is 18.3 Å². The average molecular weight is 532 g/mol. The molecule has 0 radical (unpaired) electrons. The molecule has 5 heteroatoms. The van der Waals surface area contributed by atoms with Crippen LogP contribution in [0.5, 0.6) is 17.2 Å². The van der Waals surface area contributed by atoms with E-state index in [9.17, 15) is 4.79 Å². The maximum absolute atomic E-state index is 12.6. The van der Waals surface area contributed by atoms with E-state index in [1.165, 1.54) is 11.3 Å². The highest BCUT2D eigenvalue weighted by molar-refractivity contribution is 5.91. The maximum atomic E-state index is 12.6. The highest BCUT2D eigenvalue weighted by Gasteiger charge is 2.57. The van der Waals surface area contributed by atoms with Gasteiger partial charge in [0.1, 0.15) is 17.2 Å². The van der Waals surface area contributed by atoms with E-state index < -0.39 is 11.7 Å². The monoisotopic (exact) mass is 531 g/mol. The van der Waals surface area contributed by atoms with E-state index in [4.69, 9.17) is 14.2 Å². The van der Waals surface area contributed by atoms with E-state index in [-0.39, 0.29) is 5.41 Å². The molecule has 0 aromatic heterocycles. The van der Waals surface area contributed by atoms with Crippen LogP contribution in [0.2, 0.25) is 0 Å². The van der Waals surface area contributed by atoms with Crippen LogP contribution in [0.25, 0.3) is 17.2 Å². The van der Waals surface area contributed by atoms with Gasteiger partial charge in [-0.15, -0.1) is 0 Å². The van der Waals surface area contributed by atoms with Crippen molar-refractivity contribution in [1.82, 2.24) is 0 Å². The molecule has 0 saturated carbocycles. The van der Waals surface area contributed by atoms with Crippen LogP contribution in [0.15, 0.2) is 97.1 Å². The van der Waals surface area contributed by atoms with E-state index in [0.29, 0.717) is 17.9 Å². The van der Waals surface area contributed by atoms with Crippen molar-refractivity contribution in [1.29, 1.82) is 0 Å². The first-order valence-electron chi connectivity index (χ1n) is 13.7. The van der Waals surface area contributed by atoms with Gasteiger partial charge in [0.25, 0.3) is 0 Å². The van der Waals surface area contributed by atoms with Crippen molar-refractivity contribution in [3.05, 3.63) is 114 Å². The molecule has 0 saturated heterocycles. The van der Waals surface area contributed by atoms with Gasteiger partial charge in [0.05, 0.1) is 17.6 Å². The molecule has 1 spiro atoms. The van der Waals surface area contributed by atoms with Gasteiger partial charge in [-0.1, -0.05) is 43.3 Å². The lowest BCUT2D eigenvalue weighted by Crippen LogP contribution is -2.58. The minimum Gasteiger partial charge on any atom is -0.494 e. The van der Waals surface area contributed by atoms with Gasteiger partial charge in [-0.25, -0.2) is 4.79 Å². The Bertz CT molecular complexity index is 1590. The lowest BCUT2D eigenvalue weighted by atomic mass is 9.76. The van der Waals surface area contributed by atoms with E-state index in [1.807, 2.05) is 30.3 Å². The Balaban J connectivity index is 1.17. The highest BCUT2D eigenvalue weighted by Crippen LogP contribution is 2.54. The van der Waals surface area contributed by atoms with Gasteiger partial charge < -0.3 is 19.1 Å². The van der Waals surface area contributed by atoms with Crippen LogP contribution < -0.4 is 19.1 Å². The summed E-state index contributed by atoms with van der Waals surface area (Å²) in [5, 5.41) is 0. The predicted octanol–water partition coefficient (Wildman–Crippen LogP) is 7.89. The van der Waals surface area contributed by atoms with Gasteiger partial charge in [0.2, 0.25) is 5.72 Å². The topological polar surface area (TPSA) is 48.0 Å². The Kier molecular flexibility index (Phi) is 6.38. The summed E-state index contributed by atoms with van der Waals surface area (Å²) in [4.78, 5) is 14.9. The lowest BCUT2D eigenvalue weighted by molar-refractivity contribution is 0.0582. The summed E-state index contributed by atoms with van der Waals surface area (Å²) >= 11 is 0. The molecule has 1 unspecified atom stereocenters. The molecule has 202 valence electrons. The van der Waals surface area contributed by atoms with Gasteiger partial charge in [0.15, 0.2) is 0 Å². The molecule has 5 nitrogen and oxygen atoms in total. The molecule has 40 heavy (non-hydrogen) atoms. The molecule has 2 aliphatic rings. The largest absolute Gasteiger partial charge is 0.494 e. The smallest absolute Gasteiger partial charge is 0.343 e. The zero-order valence-corrected chi connectivity index (χ0v) is 23.3. The number of hydrogen-bond donors (Lipinski definition) is 0. The van der Waals surface area contributed by atoms with Gasteiger partial charge in [-0.3, -0.25) is 0 Å². The van der Waals surface area contributed by atoms with Crippen LogP contribution in [0, 0.1) is 0 Å². The summed E-state index contributed by atoms with van der Waals surface area (Å²) in [7, 11) is 2.10. The van der Waals surface area contributed by atoms with Crippen molar-refractivity contribution in [2.75, 3.05) is 18.6 Å². The summed E-state index contributed by atoms with van der Waals surface area (Å²) in [5.41, 5.74) is 5.24. The van der Waals surface area contributed by atoms with Crippen molar-refractivity contribution >= 4 is 17.7 Å². The van der Waals surface area contributed by atoms with Gasteiger partial charge >= 0.3 is 5.97 Å². The predicted molar refractivity (Wildman–Crippen MR) is 159 cm³/mol. The average Bonchev–Trinajstić information content (AvgIpc) is 3.14. The Labute approximate surface area is 235 Å². The lowest BCUT2D eigenvalue weighted by Gasteiger charge is -2.45. The summed E-state index contributed by atoms with van der Waals surface area (Å²) in [6, 6.07) is 29.3. The molecule has 0 fully saturated rings. The number of hydrogen-bond acceptors (Lipinski definition) is 5. The second kappa shape index (κ2) is 9.91. The molecule has 4 aromatic rings. The van der Waals surface area contributed by atoms with E-state index in [1.54, 1.807) is 24.3 Å². The summed E-state index contributed by atoms with van der Waals surface area (Å²) in [6.45, 7) is 7.18. The number of carbonyl (C=O) groups excluding carboxylic acids is 1. The minimum atomic E-state index is -0.598. The fourth-order valence-corrected chi connectivity index (χ4v) is 5.75. The van der Waals surface area contributed by atoms with Crippen LogP contribution in [-0.4, -0.2) is 25.3 Å². The molecular weight excluding hydrogens is 498 g/mol. The highest BCUT2D eigenvalue weighted by atomic mass is 16.5.